The highest BCUT2D eigenvalue weighted by Crippen LogP contribution is 2.30. The van der Waals surface area contributed by atoms with Gasteiger partial charge in [0.15, 0.2) is 0 Å². The van der Waals surface area contributed by atoms with E-state index in [4.69, 9.17) is 11.6 Å². The second kappa shape index (κ2) is 9.60. The van der Waals surface area contributed by atoms with E-state index in [1.165, 1.54) is 24.3 Å². The Hall–Kier alpha value is -3.17. The highest BCUT2D eigenvalue weighted by Gasteiger charge is 2.26. The predicted molar refractivity (Wildman–Crippen MR) is 131 cm³/mol. The summed E-state index contributed by atoms with van der Waals surface area (Å²) in [6, 6.07) is 11.1. The van der Waals surface area contributed by atoms with Crippen molar-refractivity contribution < 1.29 is 18.0 Å². The molecule has 8 nitrogen and oxygen atoms in total. The summed E-state index contributed by atoms with van der Waals surface area (Å²) in [6.45, 7) is 7.62. The Morgan fingerprint density at radius 2 is 1.79 bits per heavy atom. The Kier molecular flexibility index (Phi) is 7.18. The van der Waals surface area contributed by atoms with Gasteiger partial charge in [-0.15, -0.1) is 0 Å². The number of anilines is 1. The summed E-state index contributed by atoms with van der Waals surface area (Å²) in [6.07, 6.45) is 2.08. The number of amides is 2. The number of halogens is 1. The minimum absolute atomic E-state index is 0.00887. The van der Waals surface area contributed by atoms with E-state index in [-0.39, 0.29) is 33.1 Å². The van der Waals surface area contributed by atoms with E-state index in [1.54, 1.807) is 43.0 Å². The molecule has 0 aliphatic rings. The summed E-state index contributed by atoms with van der Waals surface area (Å²) in [5.41, 5.74) is 1.73. The van der Waals surface area contributed by atoms with Crippen LogP contribution < -0.4 is 4.72 Å². The number of hydrogen-bond donors (Lipinski definition) is 1. The third-order valence-electron chi connectivity index (χ3n) is 5.38. The van der Waals surface area contributed by atoms with Crippen LogP contribution in [0.2, 0.25) is 5.02 Å². The number of nitrogens with zero attached hydrogens (tertiary/aromatic N) is 3. The number of benzene rings is 2. The van der Waals surface area contributed by atoms with Crippen molar-refractivity contribution in [3.05, 3.63) is 76.1 Å². The Labute approximate surface area is 204 Å². The number of nitrogens with one attached hydrogen (secondary N) is 1. The number of aromatic nitrogens is 2. The van der Waals surface area contributed by atoms with Crippen LogP contribution in [0.15, 0.2) is 53.6 Å². The first kappa shape index (κ1) is 25.5. The van der Waals surface area contributed by atoms with Gasteiger partial charge in [0.05, 0.1) is 28.4 Å². The van der Waals surface area contributed by atoms with E-state index in [2.05, 4.69) is 9.82 Å². The van der Waals surface area contributed by atoms with Crippen molar-refractivity contribution in [2.75, 3.05) is 4.72 Å². The summed E-state index contributed by atoms with van der Waals surface area (Å²) in [5, 5.41) is 4.45. The van der Waals surface area contributed by atoms with E-state index in [0.29, 0.717) is 17.7 Å². The second-order valence-corrected chi connectivity index (χ2v) is 11.1. The first-order chi connectivity index (χ1) is 15.8. The molecule has 0 saturated heterocycles. The van der Waals surface area contributed by atoms with Gasteiger partial charge in [-0.2, -0.15) is 5.10 Å². The second-order valence-electron chi connectivity index (χ2n) is 8.99. The van der Waals surface area contributed by atoms with Gasteiger partial charge in [-0.3, -0.25) is 23.9 Å². The molecule has 10 heteroatoms. The maximum atomic E-state index is 13.3. The molecular formula is C24H27ClN4O4S. The van der Waals surface area contributed by atoms with E-state index < -0.39 is 15.9 Å². The maximum Gasteiger partial charge on any atom is 0.263 e. The molecule has 0 unspecified atom stereocenters. The van der Waals surface area contributed by atoms with E-state index in [9.17, 15) is 18.0 Å². The molecule has 0 aliphatic carbocycles. The third kappa shape index (κ3) is 5.48. The molecule has 0 atom stereocenters. The molecule has 34 heavy (non-hydrogen) atoms. The van der Waals surface area contributed by atoms with Crippen molar-refractivity contribution >= 4 is 39.6 Å². The molecule has 1 aromatic heterocycles. The van der Waals surface area contributed by atoms with E-state index in [1.807, 2.05) is 20.8 Å². The standard InChI is InChI=1S/C24H27ClN4O4S/c1-16-20(25)10-11-21(22(16)23(31)29(15-30)14-18-12-13-28(5)26-18)27-34(32,33)19-8-6-17(7-9-19)24(2,3)4/h6-13,15,27H,14H2,1-5H3. The van der Waals surface area contributed by atoms with E-state index in [0.717, 1.165) is 10.5 Å². The van der Waals surface area contributed by atoms with Crippen molar-refractivity contribution in [2.24, 2.45) is 7.05 Å². The highest BCUT2D eigenvalue weighted by atomic mass is 35.5. The van der Waals surface area contributed by atoms with Crippen molar-refractivity contribution in [1.29, 1.82) is 0 Å². The van der Waals surface area contributed by atoms with Crippen molar-refractivity contribution in [3.63, 3.8) is 0 Å². The molecule has 2 aromatic carbocycles. The van der Waals surface area contributed by atoms with Gasteiger partial charge in [-0.05, 0) is 53.8 Å². The monoisotopic (exact) mass is 502 g/mol. The molecule has 1 N–H and O–H groups in total. The minimum atomic E-state index is -4.02. The number of rotatable bonds is 7. The van der Waals surface area contributed by atoms with Crippen molar-refractivity contribution in [2.45, 2.75) is 44.6 Å². The molecule has 3 aromatic rings. The number of carbonyl (C=O) groups excluding carboxylic acids is 2. The zero-order valence-corrected chi connectivity index (χ0v) is 21.2. The summed E-state index contributed by atoms with van der Waals surface area (Å²) in [4.78, 5) is 26.1. The molecule has 1 heterocycles. The van der Waals surface area contributed by atoms with Gasteiger partial charge in [0.2, 0.25) is 6.41 Å². The van der Waals surface area contributed by atoms with Crippen molar-refractivity contribution in [1.82, 2.24) is 14.7 Å². The van der Waals surface area contributed by atoms with Crippen LogP contribution in [0.4, 0.5) is 5.69 Å². The fourth-order valence-corrected chi connectivity index (χ4v) is 4.64. The number of hydrogen-bond acceptors (Lipinski definition) is 5. The number of sulfonamides is 1. The average Bonchev–Trinajstić information content (AvgIpc) is 3.18. The van der Waals surface area contributed by atoms with Crippen LogP contribution in [0.3, 0.4) is 0 Å². The first-order valence-corrected chi connectivity index (χ1v) is 12.4. The zero-order valence-electron chi connectivity index (χ0n) is 19.7. The summed E-state index contributed by atoms with van der Waals surface area (Å²) in [5.74, 6) is -0.693. The highest BCUT2D eigenvalue weighted by molar-refractivity contribution is 7.92. The third-order valence-corrected chi connectivity index (χ3v) is 7.17. The molecule has 0 fully saturated rings. The van der Waals surface area contributed by atoms with Crippen LogP contribution in [0.1, 0.15) is 48.0 Å². The van der Waals surface area contributed by atoms with Crippen LogP contribution in [-0.4, -0.2) is 35.4 Å². The molecule has 3 rings (SSSR count). The fraction of sp³-hybridized carbons (Fsp3) is 0.292. The number of imide groups is 1. The SMILES string of the molecule is Cc1c(Cl)ccc(NS(=O)(=O)c2ccc(C(C)(C)C)cc2)c1C(=O)N(C=O)Cc1ccn(C)n1. The smallest absolute Gasteiger partial charge is 0.263 e. The lowest BCUT2D eigenvalue weighted by Crippen LogP contribution is -2.31. The van der Waals surface area contributed by atoms with Crippen LogP contribution in [0.5, 0.6) is 0 Å². The minimum Gasteiger partial charge on any atom is -0.279 e. The molecule has 0 spiro atoms. The summed E-state index contributed by atoms with van der Waals surface area (Å²) < 4.78 is 30.3. The molecule has 0 bridgehead atoms. The quantitative estimate of drug-likeness (QED) is 0.486. The van der Waals surface area contributed by atoms with Crippen LogP contribution in [0, 0.1) is 6.92 Å². The predicted octanol–water partition coefficient (Wildman–Crippen LogP) is 4.28. The van der Waals surface area contributed by atoms with Crippen LogP contribution in [-0.2, 0) is 33.8 Å². The first-order valence-electron chi connectivity index (χ1n) is 10.5. The summed E-state index contributed by atoms with van der Waals surface area (Å²) >= 11 is 6.24. The van der Waals surface area contributed by atoms with Crippen LogP contribution >= 0.6 is 11.6 Å². The molecule has 0 radical (unpaired) electrons. The molecule has 0 aliphatic heterocycles. The zero-order chi connectivity index (χ0) is 25.3. The number of aryl methyl sites for hydroxylation is 1. The average molecular weight is 503 g/mol. The van der Waals surface area contributed by atoms with Crippen molar-refractivity contribution in [3.8, 4) is 0 Å². The van der Waals surface area contributed by atoms with Gasteiger partial charge in [0.1, 0.15) is 0 Å². The lowest BCUT2D eigenvalue weighted by Gasteiger charge is -2.21. The summed E-state index contributed by atoms with van der Waals surface area (Å²) in [7, 11) is -2.30. The van der Waals surface area contributed by atoms with Gasteiger partial charge in [-0.25, -0.2) is 8.42 Å². The normalized spacial score (nSPS) is 11.8. The molecular weight excluding hydrogens is 476 g/mol. The molecule has 0 saturated carbocycles. The molecule has 180 valence electrons. The fourth-order valence-electron chi connectivity index (χ4n) is 3.41. The largest absolute Gasteiger partial charge is 0.279 e. The Morgan fingerprint density at radius 3 is 2.32 bits per heavy atom. The van der Waals surface area contributed by atoms with Gasteiger partial charge >= 0.3 is 0 Å². The van der Waals surface area contributed by atoms with E-state index >= 15 is 0 Å². The number of carbonyl (C=O) groups is 2. The Balaban J connectivity index is 1.97. The molecule has 2 amide bonds. The topological polar surface area (TPSA) is 101 Å². The Morgan fingerprint density at radius 1 is 1.15 bits per heavy atom. The van der Waals surface area contributed by atoms with Gasteiger partial charge < -0.3 is 0 Å². The van der Waals surface area contributed by atoms with Gasteiger partial charge in [-0.1, -0.05) is 44.5 Å². The van der Waals surface area contributed by atoms with Crippen LogP contribution in [0.25, 0.3) is 0 Å². The maximum absolute atomic E-state index is 13.3. The lowest BCUT2D eigenvalue weighted by molar-refractivity contribution is -0.116. The van der Waals surface area contributed by atoms with Gasteiger partial charge in [0, 0.05) is 18.3 Å². The lowest BCUT2D eigenvalue weighted by atomic mass is 9.87. The Bertz CT molecular complexity index is 1330. The van der Waals surface area contributed by atoms with Gasteiger partial charge in [0.25, 0.3) is 15.9 Å².